The summed E-state index contributed by atoms with van der Waals surface area (Å²) in [5.41, 5.74) is 0.553. The van der Waals surface area contributed by atoms with Crippen LogP contribution in [0.15, 0.2) is 57.2 Å². The van der Waals surface area contributed by atoms with Crippen LogP contribution in [-0.2, 0) is 4.79 Å². The van der Waals surface area contributed by atoms with Crippen LogP contribution in [0.25, 0.3) is 6.08 Å². The van der Waals surface area contributed by atoms with E-state index in [0.29, 0.717) is 24.7 Å². The Morgan fingerprint density at radius 2 is 1.96 bits per heavy atom. The molecule has 1 saturated heterocycles. The predicted molar refractivity (Wildman–Crippen MR) is 110 cm³/mol. The third-order valence-electron chi connectivity index (χ3n) is 3.51. The highest BCUT2D eigenvalue weighted by Gasteiger charge is 2.28. The molecule has 1 amide bonds. The number of hydrogen-bond acceptors (Lipinski definition) is 6. The molecule has 1 heterocycles. The minimum Gasteiger partial charge on any atom is -0.296 e. The third kappa shape index (κ3) is 4.09. The van der Waals surface area contributed by atoms with Crippen molar-refractivity contribution < 1.29 is 9.72 Å². The number of hydrogen-bond donors (Lipinski definition) is 0. The SMILES string of the molecule is CN1C(=O)/C(=C\c2ccc(Sc3ccc(Cl)cc3)c([N+](=O)[O-])c2)SC1=S. The number of benzene rings is 2. The van der Waals surface area contributed by atoms with Crippen molar-refractivity contribution in [3.63, 3.8) is 0 Å². The standard InChI is InChI=1S/C17H11ClN2O3S3/c1-19-16(21)15(26-17(19)24)9-10-2-7-14(13(8-10)20(22)23)25-12-5-3-11(18)4-6-12/h2-9H,1H3/b15-9+. The number of carbonyl (C=O) groups excluding carboxylic acids is 1. The van der Waals surface area contributed by atoms with Gasteiger partial charge in [0.15, 0.2) is 0 Å². The smallest absolute Gasteiger partial charge is 0.283 e. The first kappa shape index (κ1) is 18.9. The average Bonchev–Trinajstić information content (AvgIpc) is 2.85. The Morgan fingerprint density at radius 3 is 2.54 bits per heavy atom. The van der Waals surface area contributed by atoms with Crippen molar-refractivity contribution in [2.24, 2.45) is 0 Å². The summed E-state index contributed by atoms with van der Waals surface area (Å²) in [5.74, 6) is -0.206. The molecule has 0 atom stereocenters. The maximum Gasteiger partial charge on any atom is 0.283 e. The molecule has 132 valence electrons. The van der Waals surface area contributed by atoms with Gasteiger partial charge < -0.3 is 0 Å². The molecule has 9 heteroatoms. The Labute approximate surface area is 168 Å². The van der Waals surface area contributed by atoms with E-state index in [0.717, 1.165) is 4.90 Å². The van der Waals surface area contributed by atoms with Crippen LogP contribution in [0.2, 0.25) is 5.02 Å². The summed E-state index contributed by atoms with van der Waals surface area (Å²) in [6.07, 6.45) is 1.62. The van der Waals surface area contributed by atoms with Gasteiger partial charge in [0.05, 0.1) is 14.7 Å². The minimum atomic E-state index is -0.430. The van der Waals surface area contributed by atoms with Crippen LogP contribution in [0, 0.1) is 10.1 Å². The van der Waals surface area contributed by atoms with Gasteiger partial charge in [0.2, 0.25) is 0 Å². The van der Waals surface area contributed by atoms with E-state index in [9.17, 15) is 14.9 Å². The van der Waals surface area contributed by atoms with Gasteiger partial charge in [0, 0.05) is 23.0 Å². The van der Waals surface area contributed by atoms with Crippen LogP contribution in [-0.4, -0.2) is 27.1 Å². The van der Waals surface area contributed by atoms with Crippen molar-refractivity contribution in [3.05, 3.63) is 68.1 Å². The van der Waals surface area contributed by atoms with Crippen LogP contribution < -0.4 is 0 Å². The molecule has 0 unspecified atom stereocenters. The fourth-order valence-electron chi connectivity index (χ4n) is 2.18. The zero-order valence-corrected chi connectivity index (χ0v) is 16.5. The molecular weight excluding hydrogens is 412 g/mol. The lowest BCUT2D eigenvalue weighted by molar-refractivity contribution is -0.387. The van der Waals surface area contributed by atoms with Crippen LogP contribution >= 0.6 is 47.3 Å². The van der Waals surface area contributed by atoms with Crippen molar-refractivity contribution in [2.75, 3.05) is 7.05 Å². The Kier molecular flexibility index (Phi) is 5.67. The fourth-order valence-corrected chi connectivity index (χ4v) is 4.39. The molecular formula is C17H11ClN2O3S3. The van der Waals surface area contributed by atoms with E-state index in [4.69, 9.17) is 23.8 Å². The number of thiocarbonyl (C=S) groups is 1. The molecule has 3 rings (SSSR count). The van der Waals surface area contributed by atoms with Crippen molar-refractivity contribution in [3.8, 4) is 0 Å². The number of nitrogens with zero attached hydrogens (tertiary/aromatic N) is 2. The molecule has 2 aromatic rings. The molecule has 0 aliphatic carbocycles. The molecule has 0 aromatic heterocycles. The Balaban J connectivity index is 1.92. The van der Waals surface area contributed by atoms with E-state index in [1.807, 2.05) is 0 Å². The molecule has 26 heavy (non-hydrogen) atoms. The number of thioether (sulfide) groups is 1. The van der Waals surface area contributed by atoms with E-state index in [1.54, 1.807) is 49.5 Å². The second-order valence-electron chi connectivity index (χ2n) is 5.28. The molecule has 1 aliphatic rings. The van der Waals surface area contributed by atoms with Gasteiger partial charge in [-0.2, -0.15) is 0 Å². The quantitative estimate of drug-likeness (QED) is 0.291. The Hall–Kier alpha value is -1.87. The second-order valence-corrected chi connectivity index (χ2v) is 8.51. The number of rotatable bonds is 4. The maximum atomic E-state index is 12.1. The molecule has 1 fully saturated rings. The number of amides is 1. The Bertz CT molecular complexity index is 945. The Morgan fingerprint density at radius 1 is 1.27 bits per heavy atom. The number of nitro benzene ring substituents is 1. The van der Waals surface area contributed by atoms with Gasteiger partial charge in [-0.25, -0.2) is 0 Å². The maximum absolute atomic E-state index is 12.1. The van der Waals surface area contributed by atoms with Gasteiger partial charge in [-0.3, -0.25) is 19.8 Å². The molecule has 2 aromatic carbocycles. The zero-order chi connectivity index (χ0) is 18.8. The number of nitro groups is 1. The van der Waals surface area contributed by atoms with Crippen molar-refractivity contribution in [1.82, 2.24) is 4.90 Å². The molecule has 0 saturated carbocycles. The van der Waals surface area contributed by atoms with E-state index in [1.165, 1.54) is 34.5 Å². The lowest BCUT2D eigenvalue weighted by Gasteiger charge is -2.05. The first-order chi connectivity index (χ1) is 12.3. The van der Waals surface area contributed by atoms with E-state index in [-0.39, 0.29) is 11.6 Å². The summed E-state index contributed by atoms with van der Waals surface area (Å²) in [6, 6.07) is 12.0. The molecule has 0 spiro atoms. The van der Waals surface area contributed by atoms with E-state index < -0.39 is 4.92 Å². The van der Waals surface area contributed by atoms with Gasteiger partial charge >= 0.3 is 0 Å². The van der Waals surface area contributed by atoms with Gasteiger partial charge in [-0.05, 0) is 42.0 Å². The van der Waals surface area contributed by atoms with Gasteiger partial charge in [0.25, 0.3) is 11.6 Å². The lowest BCUT2D eigenvalue weighted by Crippen LogP contribution is -2.22. The summed E-state index contributed by atoms with van der Waals surface area (Å²) in [6.45, 7) is 0. The third-order valence-corrected chi connectivity index (χ3v) is 6.32. The number of halogens is 1. The molecule has 5 nitrogen and oxygen atoms in total. The molecule has 0 bridgehead atoms. The fraction of sp³-hybridized carbons (Fsp3) is 0.0588. The first-order valence-electron chi connectivity index (χ1n) is 7.28. The second kappa shape index (κ2) is 7.79. The normalized spacial score (nSPS) is 15.8. The van der Waals surface area contributed by atoms with Crippen molar-refractivity contribution >= 4 is 69.3 Å². The molecule has 1 aliphatic heterocycles. The van der Waals surface area contributed by atoms with Crippen LogP contribution in [0.5, 0.6) is 0 Å². The van der Waals surface area contributed by atoms with Crippen molar-refractivity contribution in [1.29, 1.82) is 0 Å². The summed E-state index contributed by atoms with van der Waals surface area (Å²) in [7, 11) is 1.60. The highest BCUT2D eigenvalue weighted by molar-refractivity contribution is 8.26. The van der Waals surface area contributed by atoms with Crippen LogP contribution in [0.3, 0.4) is 0 Å². The number of carbonyl (C=O) groups is 1. The van der Waals surface area contributed by atoms with Gasteiger partial charge in [-0.15, -0.1) is 0 Å². The summed E-state index contributed by atoms with van der Waals surface area (Å²) >= 11 is 13.4. The summed E-state index contributed by atoms with van der Waals surface area (Å²) < 4.78 is 0.464. The highest BCUT2D eigenvalue weighted by atomic mass is 35.5. The minimum absolute atomic E-state index is 0.0225. The monoisotopic (exact) mass is 422 g/mol. The van der Waals surface area contributed by atoms with Crippen LogP contribution in [0.4, 0.5) is 5.69 Å². The predicted octanol–water partition coefficient (Wildman–Crippen LogP) is 5.23. The number of likely N-dealkylation sites (N-methyl/N-ethyl adjacent to an activating group) is 1. The highest BCUT2D eigenvalue weighted by Crippen LogP contribution is 2.37. The van der Waals surface area contributed by atoms with Gasteiger partial charge in [0.1, 0.15) is 4.32 Å². The molecule has 0 N–H and O–H groups in total. The average molecular weight is 423 g/mol. The van der Waals surface area contributed by atoms with E-state index >= 15 is 0 Å². The first-order valence-corrected chi connectivity index (χ1v) is 9.70. The van der Waals surface area contributed by atoms with Crippen LogP contribution in [0.1, 0.15) is 5.56 Å². The van der Waals surface area contributed by atoms with Gasteiger partial charge in [-0.1, -0.05) is 53.4 Å². The topological polar surface area (TPSA) is 63.5 Å². The summed E-state index contributed by atoms with van der Waals surface area (Å²) in [5, 5.41) is 12.1. The van der Waals surface area contributed by atoms with Crippen molar-refractivity contribution in [2.45, 2.75) is 9.79 Å². The zero-order valence-electron chi connectivity index (χ0n) is 13.3. The summed E-state index contributed by atoms with van der Waals surface area (Å²) in [4.78, 5) is 26.3. The van der Waals surface area contributed by atoms with E-state index in [2.05, 4.69) is 0 Å². The molecule has 0 radical (unpaired) electrons. The lowest BCUT2D eigenvalue weighted by atomic mass is 10.2. The largest absolute Gasteiger partial charge is 0.296 e.